The van der Waals surface area contributed by atoms with Crippen LogP contribution in [0.3, 0.4) is 0 Å². The lowest BCUT2D eigenvalue weighted by molar-refractivity contribution is -0.139. The molecule has 0 saturated carbocycles. The summed E-state index contributed by atoms with van der Waals surface area (Å²) < 4.78 is 26.5. The van der Waals surface area contributed by atoms with Crippen molar-refractivity contribution in [2.45, 2.75) is 37.4 Å². The van der Waals surface area contributed by atoms with E-state index in [1.165, 1.54) is 0 Å². The van der Waals surface area contributed by atoms with E-state index in [0.717, 1.165) is 11.3 Å². The molecule has 1 atom stereocenters. The van der Waals surface area contributed by atoms with E-state index in [1.807, 2.05) is 13.8 Å². The maximum atomic E-state index is 12.0. The fourth-order valence-electron chi connectivity index (χ4n) is 1.55. The van der Waals surface area contributed by atoms with Gasteiger partial charge in [0, 0.05) is 0 Å². The van der Waals surface area contributed by atoms with E-state index in [2.05, 4.69) is 4.72 Å². The molecule has 1 heterocycles. The van der Waals surface area contributed by atoms with Crippen LogP contribution in [-0.2, 0) is 14.8 Å². The van der Waals surface area contributed by atoms with E-state index < -0.39 is 22.0 Å². The predicted octanol–water partition coefficient (Wildman–Crippen LogP) is 1.83. The average Bonchev–Trinajstić information content (AvgIpc) is 2.62. The van der Waals surface area contributed by atoms with Crippen molar-refractivity contribution in [1.29, 1.82) is 0 Å². The Balaban J connectivity index is 2.94. The van der Waals surface area contributed by atoms with Crippen LogP contribution in [0.25, 0.3) is 0 Å². The molecule has 0 aliphatic carbocycles. The third-order valence-corrected chi connectivity index (χ3v) is 5.52. The van der Waals surface area contributed by atoms with Gasteiger partial charge in [-0.25, -0.2) is 8.42 Å². The molecule has 0 radical (unpaired) electrons. The zero-order valence-electron chi connectivity index (χ0n) is 10.5. The lowest BCUT2D eigenvalue weighted by Crippen LogP contribution is -2.41. The fourth-order valence-corrected chi connectivity index (χ4v) is 4.18. The van der Waals surface area contributed by atoms with Crippen LogP contribution in [0.2, 0.25) is 0 Å². The summed E-state index contributed by atoms with van der Waals surface area (Å²) in [6.07, 6.45) is 0.263. The van der Waals surface area contributed by atoms with E-state index >= 15 is 0 Å². The number of aliphatic carboxylic acids is 1. The molecule has 0 amide bonds. The minimum atomic E-state index is -3.75. The Morgan fingerprint density at radius 2 is 2.11 bits per heavy atom. The third-order valence-electron chi connectivity index (χ3n) is 2.36. The minimum absolute atomic E-state index is 0.0956. The van der Waals surface area contributed by atoms with Gasteiger partial charge in [-0.05, 0) is 36.3 Å². The molecule has 5 nitrogen and oxygen atoms in total. The molecule has 18 heavy (non-hydrogen) atoms. The molecule has 0 spiro atoms. The number of carboxylic acid groups (broad SMARTS) is 1. The van der Waals surface area contributed by atoms with Gasteiger partial charge >= 0.3 is 5.97 Å². The van der Waals surface area contributed by atoms with Gasteiger partial charge in [0.05, 0.1) is 0 Å². The van der Waals surface area contributed by atoms with E-state index in [0.29, 0.717) is 5.56 Å². The van der Waals surface area contributed by atoms with Crippen LogP contribution in [-0.4, -0.2) is 25.5 Å². The van der Waals surface area contributed by atoms with Crippen LogP contribution in [0.15, 0.2) is 15.7 Å². The number of nitrogens with one attached hydrogen (secondary N) is 1. The Hall–Kier alpha value is -0.920. The van der Waals surface area contributed by atoms with Gasteiger partial charge in [-0.15, -0.1) is 11.3 Å². The summed E-state index contributed by atoms with van der Waals surface area (Å²) in [5.74, 6) is -1.06. The van der Waals surface area contributed by atoms with E-state index in [4.69, 9.17) is 5.11 Å². The summed E-state index contributed by atoms with van der Waals surface area (Å²) in [5.41, 5.74) is 0.626. The highest BCUT2D eigenvalue weighted by molar-refractivity contribution is 7.91. The highest BCUT2D eigenvalue weighted by Gasteiger charge is 2.27. The first-order valence-corrected chi connectivity index (χ1v) is 7.89. The van der Waals surface area contributed by atoms with Gasteiger partial charge in [0.1, 0.15) is 10.3 Å². The van der Waals surface area contributed by atoms with Gasteiger partial charge in [-0.3, -0.25) is 4.79 Å². The van der Waals surface area contributed by atoms with Crippen molar-refractivity contribution < 1.29 is 18.3 Å². The molecule has 0 aromatic carbocycles. The Kier molecular flexibility index (Phi) is 4.89. The SMILES string of the molecule is Cc1ccsc1S(=O)(=O)NC(CC(C)C)C(=O)O. The van der Waals surface area contributed by atoms with Crippen molar-refractivity contribution in [2.24, 2.45) is 5.92 Å². The number of carboxylic acids is 1. The first kappa shape index (κ1) is 15.1. The molecule has 1 rings (SSSR count). The second-order valence-electron chi connectivity index (χ2n) is 4.53. The summed E-state index contributed by atoms with van der Waals surface area (Å²) in [5, 5.41) is 10.7. The average molecular weight is 291 g/mol. The van der Waals surface area contributed by atoms with Crippen molar-refractivity contribution in [2.75, 3.05) is 0 Å². The largest absolute Gasteiger partial charge is 0.480 e. The van der Waals surface area contributed by atoms with Gasteiger partial charge in [0.15, 0.2) is 0 Å². The molecule has 1 unspecified atom stereocenters. The van der Waals surface area contributed by atoms with Crippen LogP contribution in [0, 0.1) is 12.8 Å². The highest BCUT2D eigenvalue weighted by Crippen LogP contribution is 2.22. The van der Waals surface area contributed by atoms with Crippen LogP contribution < -0.4 is 4.72 Å². The van der Waals surface area contributed by atoms with Crippen molar-refractivity contribution in [3.8, 4) is 0 Å². The first-order valence-electron chi connectivity index (χ1n) is 5.53. The van der Waals surface area contributed by atoms with E-state index in [1.54, 1.807) is 18.4 Å². The van der Waals surface area contributed by atoms with Crippen LogP contribution in [0.5, 0.6) is 0 Å². The number of thiophene rings is 1. The second kappa shape index (κ2) is 5.81. The number of aryl methyl sites for hydroxylation is 1. The molecular formula is C11H17NO4S2. The van der Waals surface area contributed by atoms with Crippen molar-refractivity contribution in [1.82, 2.24) is 4.72 Å². The Morgan fingerprint density at radius 1 is 1.50 bits per heavy atom. The molecule has 1 aromatic heterocycles. The minimum Gasteiger partial charge on any atom is -0.480 e. The van der Waals surface area contributed by atoms with Crippen LogP contribution >= 0.6 is 11.3 Å². The quantitative estimate of drug-likeness (QED) is 0.837. The molecule has 0 aliphatic heterocycles. The summed E-state index contributed by atoms with van der Waals surface area (Å²) in [6.45, 7) is 5.38. The van der Waals surface area contributed by atoms with Crippen LogP contribution in [0.1, 0.15) is 25.8 Å². The summed E-state index contributed by atoms with van der Waals surface area (Å²) in [4.78, 5) is 11.0. The zero-order chi connectivity index (χ0) is 13.9. The normalized spacial score (nSPS) is 13.8. The number of carbonyl (C=O) groups is 1. The maximum Gasteiger partial charge on any atom is 0.321 e. The topological polar surface area (TPSA) is 83.5 Å². The smallest absolute Gasteiger partial charge is 0.321 e. The second-order valence-corrected chi connectivity index (χ2v) is 7.36. The summed E-state index contributed by atoms with van der Waals surface area (Å²) in [7, 11) is -3.75. The molecule has 1 aromatic rings. The summed E-state index contributed by atoms with van der Waals surface area (Å²) >= 11 is 1.09. The number of hydrogen-bond donors (Lipinski definition) is 2. The van der Waals surface area contributed by atoms with Crippen molar-refractivity contribution in [3.05, 3.63) is 17.0 Å². The predicted molar refractivity (Wildman–Crippen MR) is 70.3 cm³/mol. The van der Waals surface area contributed by atoms with Crippen molar-refractivity contribution >= 4 is 27.3 Å². The van der Waals surface area contributed by atoms with Gasteiger partial charge in [0.25, 0.3) is 10.0 Å². The van der Waals surface area contributed by atoms with Gasteiger partial charge in [-0.2, -0.15) is 4.72 Å². The lowest BCUT2D eigenvalue weighted by Gasteiger charge is -2.16. The maximum absolute atomic E-state index is 12.0. The molecule has 2 N–H and O–H groups in total. The number of rotatable bonds is 6. The molecule has 0 bridgehead atoms. The Morgan fingerprint density at radius 3 is 2.50 bits per heavy atom. The third kappa shape index (κ3) is 3.79. The van der Waals surface area contributed by atoms with Crippen LogP contribution in [0.4, 0.5) is 0 Å². The fraction of sp³-hybridized carbons (Fsp3) is 0.545. The molecule has 102 valence electrons. The highest BCUT2D eigenvalue weighted by atomic mass is 32.2. The molecule has 7 heteroatoms. The molecule has 0 saturated heterocycles. The Labute approximate surface area is 111 Å². The molecular weight excluding hydrogens is 274 g/mol. The standard InChI is InChI=1S/C11H17NO4S2/c1-7(2)6-9(10(13)14)12-18(15,16)11-8(3)4-5-17-11/h4-5,7,9,12H,6H2,1-3H3,(H,13,14). The first-order chi connectivity index (χ1) is 8.24. The lowest BCUT2D eigenvalue weighted by atomic mass is 10.1. The number of sulfonamides is 1. The summed E-state index contributed by atoms with van der Waals surface area (Å²) in [6, 6.07) is 0.605. The Bertz CT molecular complexity index is 519. The monoisotopic (exact) mass is 291 g/mol. The van der Waals surface area contributed by atoms with E-state index in [9.17, 15) is 13.2 Å². The molecule has 0 fully saturated rings. The van der Waals surface area contributed by atoms with Gasteiger partial charge in [-0.1, -0.05) is 13.8 Å². The van der Waals surface area contributed by atoms with E-state index in [-0.39, 0.29) is 16.5 Å². The zero-order valence-corrected chi connectivity index (χ0v) is 12.1. The number of hydrogen-bond acceptors (Lipinski definition) is 4. The molecule has 0 aliphatic rings. The van der Waals surface area contributed by atoms with Gasteiger partial charge < -0.3 is 5.11 Å². The van der Waals surface area contributed by atoms with Crippen molar-refractivity contribution in [3.63, 3.8) is 0 Å². The van der Waals surface area contributed by atoms with Gasteiger partial charge in [0.2, 0.25) is 0 Å².